The maximum Gasteiger partial charge on any atom is 0.355 e. The number of nitrogens with zero attached hydrogens (tertiary/aromatic N) is 5. The second-order valence-electron chi connectivity index (χ2n) is 11.6. The van der Waals surface area contributed by atoms with Crippen LogP contribution in [-0.4, -0.2) is 130 Å². The number of likely N-dealkylation sites (N-methyl/N-ethyl adjacent to an activating group) is 1. The fourth-order valence-electron chi connectivity index (χ4n) is 6.04. The first-order valence-corrected chi connectivity index (χ1v) is 15.6. The van der Waals surface area contributed by atoms with Crippen molar-refractivity contribution in [2.75, 3.05) is 58.4 Å². The summed E-state index contributed by atoms with van der Waals surface area (Å²) in [5.74, 6) is -2.56. The minimum atomic E-state index is -1.73. The maximum atomic E-state index is 13.5. The van der Waals surface area contributed by atoms with Gasteiger partial charge in [-0.05, 0) is 20.9 Å². The minimum Gasteiger partial charge on any atom is -0.478 e. The van der Waals surface area contributed by atoms with Crippen molar-refractivity contribution in [2.24, 2.45) is 5.16 Å². The third-order valence-corrected chi connectivity index (χ3v) is 10.5. The summed E-state index contributed by atoms with van der Waals surface area (Å²) >= 11 is 2.55. The van der Waals surface area contributed by atoms with Crippen LogP contribution in [0.1, 0.15) is 32.4 Å². The molecule has 5 rings (SSSR count). The Labute approximate surface area is 251 Å². The van der Waals surface area contributed by atoms with Gasteiger partial charge in [0.25, 0.3) is 11.8 Å². The molecule has 0 aliphatic carbocycles. The number of oxime groups is 1. The SMILES string of the molecule is COC(=O)C1=C(C[N+]23CCCC2CN(C)CC3)CSC2C(NC(=O)/C(=N\OC(C)(C)C(=O)O)c3csc(N)n3)C(=O)N12. The Hall–Kier alpha value is -3.21. The van der Waals surface area contributed by atoms with Crippen LogP contribution in [0.25, 0.3) is 0 Å². The average molecular weight is 623 g/mol. The molecule has 0 bridgehead atoms. The highest BCUT2D eigenvalue weighted by Gasteiger charge is 2.56. The fourth-order valence-corrected chi connectivity index (χ4v) is 7.93. The van der Waals surface area contributed by atoms with Crippen molar-refractivity contribution in [3.63, 3.8) is 0 Å². The van der Waals surface area contributed by atoms with Gasteiger partial charge in [-0.25, -0.2) is 14.6 Å². The van der Waals surface area contributed by atoms with Crippen LogP contribution >= 0.6 is 23.1 Å². The van der Waals surface area contributed by atoms with Crippen molar-refractivity contribution >= 4 is 57.7 Å². The summed E-state index contributed by atoms with van der Waals surface area (Å²) in [5.41, 5.74) is 4.93. The molecule has 1 aromatic heterocycles. The summed E-state index contributed by atoms with van der Waals surface area (Å²) in [6, 6.07) is -0.463. The van der Waals surface area contributed by atoms with Crippen LogP contribution in [0.2, 0.25) is 0 Å². The first kappa shape index (κ1) is 30.3. The molecule has 0 aromatic carbocycles. The van der Waals surface area contributed by atoms with Crippen LogP contribution in [0.15, 0.2) is 21.8 Å². The number of piperazine rings is 1. The van der Waals surface area contributed by atoms with Gasteiger partial charge >= 0.3 is 11.9 Å². The van der Waals surface area contributed by atoms with Crippen LogP contribution in [0.5, 0.6) is 0 Å². The molecule has 4 aliphatic heterocycles. The summed E-state index contributed by atoms with van der Waals surface area (Å²) in [6.45, 7) is 7.27. The lowest BCUT2D eigenvalue weighted by Crippen LogP contribution is -2.71. The van der Waals surface area contributed by atoms with E-state index >= 15 is 0 Å². The number of thioether (sulfide) groups is 1. The molecule has 4 unspecified atom stereocenters. The standard InChI is InChI=1S/C26H35N7O7S2/c1-26(2,24(37)38)40-30-17(16-13-42-25(27)28-16)20(34)29-18-21(35)32-19(23(36)39-4)14(12-41-22(18)32)11-33-8-5-6-15(33)10-31(3)7-9-33/h13,15,18,22H,5-12H2,1-4H3,(H3-,27,28,29,34,37,38)/p+1/b30-17-. The number of ether oxygens (including phenoxy) is 1. The van der Waals surface area contributed by atoms with Crippen LogP contribution in [0.4, 0.5) is 5.13 Å². The number of aliphatic carboxylic acids is 1. The Kier molecular flexibility index (Phi) is 8.26. The van der Waals surface area contributed by atoms with Gasteiger partial charge in [0.15, 0.2) is 10.8 Å². The fraction of sp³-hybridized carbons (Fsp3) is 0.615. The van der Waals surface area contributed by atoms with Crippen LogP contribution < -0.4 is 11.1 Å². The van der Waals surface area contributed by atoms with Gasteiger partial charge < -0.3 is 30.2 Å². The molecule has 5 heterocycles. The molecular formula is C26H36N7O7S2+. The molecule has 42 heavy (non-hydrogen) atoms. The van der Waals surface area contributed by atoms with Crippen molar-refractivity contribution in [3.8, 4) is 0 Å². The number of nitrogens with one attached hydrogen (secondary N) is 1. The Balaban J connectivity index is 1.37. The lowest BCUT2D eigenvalue weighted by Gasteiger charge is -2.51. The maximum absolute atomic E-state index is 13.5. The number of hydrogen-bond acceptors (Lipinski definition) is 12. The Morgan fingerprint density at radius 2 is 2.10 bits per heavy atom. The zero-order chi connectivity index (χ0) is 30.4. The van der Waals surface area contributed by atoms with Crippen LogP contribution in [-0.2, 0) is 28.8 Å². The highest BCUT2D eigenvalue weighted by molar-refractivity contribution is 8.00. The van der Waals surface area contributed by atoms with E-state index in [9.17, 15) is 24.3 Å². The summed E-state index contributed by atoms with van der Waals surface area (Å²) in [5, 5.41) is 17.0. The molecule has 2 amide bonds. The lowest BCUT2D eigenvalue weighted by molar-refractivity contribution is -0.939. The molecule has 1 aromatic rings. The van der Waals surface area contributed by atoms with Crippen molar-refractivity contribution < 1.29 is 38.3 Å². The molecule has 4 N–H and O–H groups in total. The number of carbonyl (C=O) groups is 4. The normalized spacial score (nSPS) is 28.1. The quantitative estimate of drug-likeness (QED) is 0.112. The van der Waals surface area contributed by atoms with Gasteiger partial charge in [0, 0.05) is 36.1 Å². The number of fused-ring (bicyclic) bond motifs is 2. The predicted octanol–water partition coefficient (Wildman–Crippen LogP) is 0.0608. The first-order valence-electron chi connectivity index (χ1n) is 13.7. The molecule has 0 radical (unpaired) electrons. The number of carboxylic acid groups (broad SMARTS) is 1. The number of anilines is 1. The number of rotatable bonds is 9. The Bertz CT molecular complexity index is 1360. The van der Waals surface area contributed by atoms with Gasteiger partial charge in [-0.2, -0.15) is 0 Å². The van der Waals surface area contributed by atoms with E-state index in [1.165, 1.54) is 43.0 Å². The van der Waals surface area contributed by atoms with E-state index in [0.29, 0.717) is 18.3 Å². The third-order valence-electron chi connectivity index (χ3n) is 8.44. The van der Waals surface area contributed by atoms with Gasteiger partial charge in [0.05, 0.1) is 26.7 Å². The number of β-lactam (4-membered cyclic amide) rings is 1. The number of aromatic nitrogens is 1. The molecule has 228 valence electrons. The van der Waals surface area contributed by atoms with Gasteiger partial charge in [0.2, 0.25) is 5.60 Å². The van der Waals surface area contributed by atoms with Crippen molar-refractivity contribution in [2.45, 2.75) is 49.7 Å². The number of thiazole rings is 1. The highest BCUT2D eigenvalue weighted by Crippen LogP contribution is 2.43. The van der Waals surface area contributed by atoms with Gasteiger partial charge in [-0.1, -0.05) is 5.16 Å². The average Bonchev–Trinajstić information content (AvgIpc) is 3.56. The zero-order valence-electron chi connectivity index (χ0n) is 24.0. The second kappa shape index (κ2) is 11.5. The van der Waals surface area contributed by atoms with E-state index in [0.717, 1.165) is 60.4 Å². The van der Waals surface area contributed by atoms with Gasteiger partial charge in [-0.3, -0.25) is 19.4 Å². The molecule has 14 nitrogen and oxygen atoms in total. The lowest BCUT2D eigenvalue weighted by atomic mass is 10.0. The minimum absolute atomic E-state index is 0.0785. The number of nitrogens with two attached hydrogens (primary N) is 1. The molecule has 16 heteroatoms. The summed E-state index contributed by atoms with van der Waals surface area (Å²) < 4.78 is 6.04. The Morgan fingerprint density at radius 3 is 2.76 bits per heavy atom. The topological polar surface area (TPSA) is 177 Å². The summed E-state index contributed by atoms with van der Waals surface area (Å²) in [6.07, 6.45) is 2.27. The number of hydrogen-bond donors (Lipinski definition) is 3. The van der Waals surface area contributed by atoms with E-state index in [1.54, 1.807) is 0 Å². The van der Waals surface area contributed by atoms with Gasteiger partial charge in [0.1, 0.15) is 35.4 Å². The number of carbonyl (C=O) groups excluding carboxylic acids is 3. The highest BCUT2D eigenvalue weighted by atomic mass is 32.2. The largest absolute Gasteiger partial charge is 0.478 e. The number of nitrogen functional groups attached to an aromatic ring is 1. The monoisotopic (exact) mass is 622 g/mol. The molecular weight excluding hydrogens is 586 g/mol. The van der Waals surface area contributed by atoms with E-state index in [-0.39, 0.29) is 22.2 Å². The third kappa shape index (κ3) is 5.47. The Morgan fingerprint density at radius 1 is 1.33 bits per heavy atom. The van der Waals surface area contributed by atoms with Crippen LogP contribution in [0, 0.1) is 0 Å². The summed E-state index contributed by atoms with van der Waals surface area (Å²) in [7, 11) is 3.44. The first-order chi connectivity index (χ1) is 19.9. The van der Waals surface area contributed by atoms with Crippen LogP contribution in [0.3, 0.4) is 0 Å². The van der Waals surface area contributed by atoms with E-state index in [2.05, 4.69) is 27.4 Å². The molecule has 3 saturated heterocycles. The zero-order valence-corrected chi connectivity index (χ0v) is 25.6. The molecule has 0 saturated carbocycles. The number of carboxylic acids is 1. The molecule has 4 aliphatic rings. The van der Waals surface area contributed by atoms with Gasteiger partial charge in [-0.15, -0.1) is 23.1 Å². The van der Waals surface area contributed by atoms with E-state index in [1.807, 2.05) is 0 Å². The number of quaternary nitrogens is 1. The molecule has 0 spiro atoms. The van der Waals surface area contributed by atoms with Crippen molar-refractivity contribution in [1.29, 1.82) is 0 Å². The summed E-state index contributed by atoms with van der Waals surface area (Å²) in [4.78, 5) is 64.5. The van der Waals surface area contributed by atoms with Crippen molar-refractivity contribution in [3.05, 3.63) is 22.3 Å². The number of esters is 1. The van der Waals surface area contributed by atoms with E-state index in [4.69, 9.17) is 15.3 Å². The second-order valence-corrected chi connectivity index (χ2v) is 13.6. The smallest absolute Gasteiger partial charge is 0.355 e. The number of amides is 2. The van der Waals surface area contributed by atoms with E-state index < -0.39 is 40.8 Å². The molecule has 4 atom stereocenters. The predicted molar refractivity (Wildman–Crippen MR) is 155 cm³/mol. The molecule has 3 fully saturated rings. The van der Waals surface area contributed by atoms with Crippen molar-refractivity contribution in [1.82, 2.24) is 20.1 Å². The number of methoxy groups -OCH3 is 1.